The topological polar surface area (TPSA) is 94.8 Å². The minimum Gasteiger partial charge on any atom is -0.465 e. The highest BCUT2D eigenvalue weighted by Crippen LogP contribution is 2.31. The molecule has 0 atom stereocenters. The number of oxazole rings is 1. The highest BCUT2D eigenvalue weighted by atomic mass is 16.5. The van der Waals surface area contributed by atoms with Crippen LogP contribution in [0.15, 0.2) is 82.7 Å². The number of carbonyl (C=O) groups excluding carboxylic acids is 2. The number of nitrogens with zero attached hydrogens (tertiary/aromatic N) is 3. The summed E-state index contributed by atoms with van der Waals surface area (Å²) in [6, 6.07) is 10.8. The van der Waals surface area contributed by atoms with Crippen molar-refractivity contribution in [3.63, 3.8) is 0 Å². The number of esters is 2. The molecule has 0 spiro atoms. The second kappa shape index (κ2) is 8.04. The lowest BCUT2D eigenvalue weighted by Crippen LogP contribution is -2.26. The minimum atomic E-state index is -0.678. The second-order valence-electron chi connectivity index (χ2n) is 6.21. The Morgan fingerprint density at radius 3 is 2.63 bits per heavy atom. The summed E-state index contributed by atoms with van der Waals surface area (Å²) >= 11 is 0. The summed E-state index contributed by atoms with van der Waals surface area (Å²) < 4.78 is 15.6. The predicted octanol–water partition coefficient (Wildman–Crippen LogP) is 3.38. The lowest BCUT2D eigenvalue weighted by atomic mass is 10.1. The molecular weight excluding hydrogens is 386 g/mol. The molecule has 0 amide bonds. The van der Waals surface area contributed by atoms with E-state index in [0.29, 0.717) is 28.4 Å². The first-order valence-electron chi connectivity index (χ1n) is 8.99. The molecule has 0 fully saturated rings. The van der Waals surface area contributed by atoms with Crippen molar-refractivity contribution in [1.29, 1.82) is 0 Å². The van der Waals surface area contributed by atoms with Crippen LogP contribution in [0.4, 0.5) is 5.69 Å². The Hall–Kier alpha value is -4.20. The number of benzene rings is 1. The maximum Gasteiger partial charge on any atom is 0.355 e. The van der Waals surface area contributed by atoms with Crippen LogP contribution in [-0.2, 0) is 19.1 Å². The van der Waals surface area contributed by atoms with Crippen LogP contribution in [-0.4, -0.2) is 36.1 Å². The quantitative estimate of drug-likeness (QED) is 0.612. The average molecular weight is 403 g/mol. The van der Waals surface area contributed by atoms with Crippen molar-refractivity contribution in [3.8, 4) is 11.5 Å². The first-order valence-corrected chi connectivity index (χ1v) is 8.99. The van der Waals surface area contributed by atoms with Crippen LogP contribution in [0.5, 0.6) is 0 Å². The van der Waals surface area contributed by atoms with Gasteiger partial charge < -0.3 is 18.8 Å². The minimum absolute atomic E-state index is 0.0331. The van der Waals surface area contributed by atoms with Crippen molar-refractivity contribution in [2.75, 3.05) is 19.1 Å². The number of anilines is 1. The van der Waals surface area contributed by atoms with Gasteiger partial charge in [0.15, 0.2) is 11.2 Å². The van der Waals surface area contributed by atoms with E-state index in [1.165, 1.54) is 20.3 Å². The van der Waals surface area contributed by atoms with Crippen LogP contribution in [0.3, 0.4) is 0 Å². The van der Waals surface area contributed by atoms with E-state index >= 15 is 0 Å². The number of methoxy groups -OCH3 is 2. The molecule has 1 aliphatic heterocycles. The molecule has 8 heteroatoms. The van der Waals surface area contributed by atoms with Crippen molar-refractivity contribution in [2.24, 2.45) is 0 Å². The van der Waals surface area contributed by atoms with Crippen molar-refractivity contribution in [1.82, 2.24) is 9.97 Å². The first-order chi connectivity index (χ1) is 14.6. The van der Waals surface area contributed by atoms with E-state index in [0.717, 1.165) is 0 Å². The molecule has 150 valence electrons. The third kappa shape index (κ3) is 3.46. The van der Waals surface area contributed by atoms with E-state index < -0.39 is 11.9 Å². The van der Waals surface area contributed by atoms with Crippen molar-refractivity contribution >= 4 is 28.9 Å². The standard InChI is InChI=1S/C22H17N3O5/c1-28-21(26)16-9-3-4-12-25(18(16)22(27)29-2)15-8-5-7-14(13-15)20-24-19-17(30-20)10-6-11-23-19/h3-13H,1-2H3. The fourth-order valence-corrected chi connectivity index (χ4v) is 3.05. The summed E-state index contributed by atoms with van der Waals surface area (Å²) in [4.78, 5) is 35.0. The lowest BCUT2D eigenvalue weighted by Gasteiger charge is -2.23. The molecule has 0 bridgehead atoms. The van der Waals surface area contributed by atoms with Gasteiger partial charge in [0, 0.05) is 23.6 Å². The van der Waals surface area contributed by atoms with Crippen LogP contribution in [0.25, 0.3) is 22.7 Å². The Balaban J connectivity index is 1.83. The Morgan fingerprint density at radius 1 is 1.03 bits per heavy atom. The SMILES string of the molecule is COC(=O)C1=C(C(=O)OC)N(c2cccc(-c3nc4ncccc4o3)c2)C=CC=C1. The van der Waals surface area contributed by atoms with E-state index in [-0.39, 0.29) is 11.3 Å². The normalized spacial score (nSPS) is 13.5. The lowest BCUT2D eigenvalue weighted by molar-refractivity contribution is -0.139. The Morgan fingerprint density at radius 2 is 1.87 bits per heavy atom. The molecule has 0 aliphatic carbocycles. The van der Waals surface area contributed by atoms with Crippen molar-refractivity contribution in [3.05, 3.63) is 78.3 Å². The molecule has 1 aromatic carbocycles. The van der Waals surface area contributed by atoms with Gasteiger partial charge in [0.1, 0.15) is 5.70 Å². The zero-order valence-electron chi connectivity index (χ0n) is 16.2. The zero-order chi connectivity index (χ0) is 21.1. The molecule has 0 radical (unpaired) electrons. The molecule has 4 rings (SSSR count). The molecule has 3 heterocycles. The number of aromatic nitrogens is 2. The molecule has 0 unspecified atom stereocenters. The fourth-order valence-electron chi connectivity index (χ4n) is 3.05. The monoisotopic (exact) mass is 403 g/mol. The van der Waals surface area contributed by atoms with Gasteiger partial charge in [-0.25, -0.2) is 14.6 Å². The van der Waals surface area contributed by atoms with Crippen LogP contribution in [0.2, 0.25) is 0 Å². The summed E-state index contributed by atoms with van der Waals surface area (Å²) in [5.74, 6) is -0.941. The fraction of sp³-hybridized carbons (Fsp3) is 0.0909. The average Bonchev–Trinajstić information content (AvgIpc) is 3.10. The number of allylic oxidation sites excluding steroid dienone is 2. The summed E-state index contributed by atoms with van der Waals surface area (Å²) in [7, 11) is 2.51. The van der Waals surface area contributed by atoms with E-state index in [1.54, 1.807) is 59.8 Å². The number of rotatable bonds is 4. The number of hydrogen-bond acceptors (Lipinski definition) is 8. The van der Waals surface area contributed by atoms with E-state index in [9.17, 15) is 9.59 Å². The van der Waals surface area contributed by atoms with Crippen LogP contribution >= 0.6 is 0 Å². The summed E-state index contributed by atoms with van der Waals surface area (Å²) in [5.41, 5.74) is 2.46. The number of fused-ring (bicyclic) bond motifs is 1. The van der Waals surface area contributed by atoms with Gasteiger partial charge >= 0.3 is 11.9 Å². The largest absolute Gasteiger partial charge is 0.465 e. The third-order valence-corrected chi connectivity index (χ3v) is 4.43. The van der Waals surface area contributed by atoms with E-state index in [1.807, 2.05) is 6.07 Å². The predicted molar refractivity (Wildman–Crippen MR) is 109 cm³/mol. The molecule has 1 aliphatic rings. The van der Waals surface area contributed by atoms with Gasteiger partial charge in [-0.1, -0.05) is 12.1 Å². The van der Waals surface area contributed by atoms with Gasteiger partial charge in [-0.15, -0.1) is 0 Å². The molecule has 0 saturated carbocycles. The molecule has 30 heavy (non-hydrogen) atoms. The van der Waals surface area contributed by atoms with Gasteiger partial charge in [-0.2, -0.15) is 4.98 Å². The highest BCUT2D eigenvalue weighted by Gasteiger charge is 2.27. The van der Waals surface area contributed by atoms with Crippen molar-refractivity contribution < 1.29 is 23.5 Å². The number of carbonyl (C=O) groups is 2. The van der Waals surface area contributed by atoms with Crippen LogP contribution in [0, 0.1) is 0 Å². The van der Waals surface area contributed by atoms with E-state index in [4.69, 9.17) is 13.9 Å². The summed E-state index contributed by atoms with van der Waals surface area (Å²) in [6.45, 7) is 0. The molecule has 3 aromatic rings. The Kier molecular flexibility index (Phi) is 5.13. The molecule has 8 nitrogen and oxygen atoms in total. The second-order valence-corrected chi connectivity index (χ2v) is 6.21. The number of ether oxygens (including phenoxy) is 2. The van der Waals surface area contributed by atoms with Crippen LogP contribution < -0.4 is 4.90 Å². The van der Waals surface area contributed by atoms with Gasteiger partial charge in [0.05, 0.1) is 19.8 Å². The highest BCUT2D eigenvalue weighted by molar-refractivity contribution is 6.05. The van der Waals surface area contributed by atoms with Gasteiger partial charge in [-0.3, -0.25) is 0 Å². The van der Waals surface area contributed by atoms with Crippen LogP contribution in [0.1, 0.15) is 0 Å². The smallest absolute Gasteiger partial charge is 0.355 e. The Bertz CT molecular complexity index is 1190. The summed E-state index contributed by atoms with van der Waals surface area (Å²) in [5, 5.41) is 0. The molecule has 0 N–H and O–H groups in total. The number of pyridine rings is 1. The first kappa shape index (κ1) is 19.1. The zero-order valence-corrected chi connectivity index (χ0v) is 16.2. The van der Waals surface area contributed by atoms with Crippen molar-refractivity contribution in [2.45, 2.75) is 0 Å². The van der Waals surface area contributed by atoms with E-state index in [2.05, 4.69) is 9.97 Å². The van der Waals surface area contributed by atoms with Gasteiger partial charge in [0.2, 0.25) is 5.89 Å². The maximum atomic E-state index is 12.6. The number of hydrogen-bond donors (Lipinski definition) is 0. The third-order valence-electron chi connectivity index (χ3n) is 4.43. The molecule has 0 saturated heterocycles. The maximum absolute atomic E-state index is 12.6. The van der Waals surface area contributed by atoms with Gasteiger partial charge in [-0.05, 0) is 42.5 Å². The Labute approximate surface area is 171 Å². The summed E-state index contributed by atoms with van der Waals surface area (Å²) in [6.07, 6.45) is 8.15. The van der Waals surface area contributed by atoms with Gasteiger partial charge in [0.25, 0.3) is 0 Å². The molecular formula is C22H17N3O5. The molecule has 2 aromatic heterocycles.